The van der Waals surface area contributed by atoms with Crippen molar-refractivity contribution in [2.24, 2.45) is 0 Å². The molecular weight excluding hydrogens is 259 g/mol. The van der Waals surface area contributed by atoms with Crippen molar-refractivity contribution in [3.63, 3.8) is 0 Å². The van der Waals surface area contributed by atoms with Crippen molar-refractivity contribution in [2.45, 2.75) is 13.2 Å². The minimum absolute atomic E-state index is 0.184. The van der Waals surface area contributed by atoms with E-state index in [0.29, 0.717) is 0 Å². The summed E-state index contributed by atoms with van der Waals surface area (Å²) in [6, 6.07) is 2.93. The number of hydrogen-bond acceptors (Lipinski definition) is 6. The van der Waals surface area contributed by atoms with Crippen LogP contribution in [0, 0.1) is 15.9 Å². The minimum atomic E-state index is -1.23. The molecule has 7 nitrogen and oxygen atoms in total. The van der Waals surface area contributed by atoms with Crippen molar-refractivity contribution in [3.8, 4) is 0 Å². The van der Waals surface area contributed by atoms with Crippen LogP contribution < -0.4 is 5.32 Å². The Balaban J connectivity index is 2.97. The van der Waals surface area contributed by atoms with Crippen molar-refractivity contribution >= 4 is 17.3 Å². The molecule has 0 aromatic heterocycles. The topological polar surface area (TPSA) is 90.7 Å². The van der Waals surface area contributed by atoms with Gasteiger partial charge in [0.1, 0.15) is 5.82 Å². The predicted octanol–water partition coefficient (Wildman–Crippen LogP) is 1.68. The molecule has 0 fully saturated rings. The monoisotopic (exact) mass is 272 g/mol. The molecule has 19 heavy (non-hydrogen) atoms. The number of benzene rings is 1. The molecule has 0 heterocycles. The number of carbonyl (C=O) groups is 1. The molecule has 0 aliphatic carbocycles. The van der Waals surface area contributed by atoms with Crippen LogP contribution in [0.25, 0.3) is 0 Å². The smallest absolute Gasteiger partial charge is 0.356 e. The van der Waals surface area contributed by atoms with Crippen molar-refractivity contribution in [2.75, 3.05) is 19.0 Å². The molecule has 0 aliphatic rings. The first-order chi connectivity index (χ1) is 8.99. The highest BCUT2D eigenvalue weighted by molar-refractivity contribution is 5.77. The summed E-state index contributed by atoms with van der Waals surface area (Å²) in [6.45, 7) is 1.82. The van der Waals surface area contributed by atoms with Gasteiger partial charge in [-0.1, -0.05) is 0 Å². The summed E-state index contributed by atoms with van der Waals surface area (Å²) in [5.74, 6) is -1.49. The molecule has 0 spiro atoms. The molecule has 104 valence electrons. The largest absolute Gasteiger partial charge is 0.466 e. The second-order valence-corrected chi connectivity index (χ2v) is 3.42. The first-order valence-electron chi connectivity index (χ1n) is 5.39. The zero-order valence-electron chi connectivity index (χ0n) is 10.4. The summed E-state index contributed by atoms with van der Waals surface area (Å²) in [5, 5.41) is 13.0. The highest BCUT2D eigenvalue weighted by Gasteiger charge is 2.21. The summed E-state index contributed by atoms with van der Waals surface area (Å²) in [4.78, 5) is 21.3. The van der Waals surface area contributed by atoms with Crippen LogP contribution in [0.1, 0.15) is 6.92 Å². The Morgan fingerprint density at radius 1 is 1.58 bits per heavy atom. The van der Waals surface area contributed by atoms with E-state index in [0.717, 1.165) is 25.3 Å². The van der Waals surface area contributed by atoms with Gasteiger partial charge in [0, 0.05) is 18.7 Å². The van der Waals surface area contributed by atoms with E-state index in [4.69, 9.17) is 4.74 Å². The van der Waals surface area contributed by atoms with Gasteiger partial charge in [0.05, 0.1) is 17.7 Å². The fraction of sp³-hybridized carbons (Fsp3) is 0.364. The maximum Gasteiger partial charge on any atom is 0.356 e. The lowest BCUT2D eigenvalue weighted by molar-refractivity contribution is -0.384. The Hall–Kier alpha value is -2.22. The van der Waals surface area contributed by atoms with Crippen molar-refractivity contribution in [1.29, 1.82) is 0 Å². The van der Waals surface area contributed by atoms with E-state index in [9.17, 15) is 19.3 Å². The number of esters is 1. The molecule has 0 bridgehead atoms. The fourth-order valence-corrected chi connectivity index (χ4v) is 1.32. The van der Waals surface area contributed by atoms with Gasteiger partial charge in [-0.15, -0.1) is 0 Å². The van der Waals surface area contributed by atoms with Crippen LogP contribution >= 0.6 is 0 Å². The fourth-order valence-electron chi connectivity index (χ4n) is 1.32. The van der Waals surface area contributed by atoms with Gasteiger partial charge in [-0.2, -0.15) is 0 Å². The van der Waals surface area contributed by atoms with Crippen LogP contribution in [0.15, 0.2) is 18.2 Å². The molecule has 1 N–H and O–H groups in total. The van der Waals surface area contributed by atoms with Crippen molar-refractivity contribution < 1.29 is 23.6 Å². The molecule has 0 amide bonds. The zero-order valence-corrected chi connectivity index (χ0v) is 10.4. The van der Waals surface area contributed by atoms with E-state index in [1.54, 1.807) is 6.92 Å². The van der Waals surface area contributed by atoms with Crippen LogP contribution in [0.4, 0.5) is 15.8 Å². The standard InChI is InChI=1S/C11H13FN2O5/c1-3-19-10(11(15)18-2)13-9-6-7(14(16)17)4-5-8(9)12/h4-6,10,13H,3H2,1-2H3. The van der Waals surface area contributed by atoms with Crippen LogP contribution in [0.2, 0.25) is 0 Å². The summed E-state index contributed by atoms with van der Waals surface area (Å²) in [6.07, 6.45) is -1.23. The SMILES string of the molecule is CCOC(Nc1cc([N+](=O)[O-])ccc1F)C(=O)OC. The lowest BCUT2D eigenvalue weighted by Gasteiger charge is -2.17. The Morgan fingerprint density at radius 3 is 2.79 bits per heavy atom. The number of nitrogens with zero attached hydrogens (tertiary/aromatic N) is 1. The van der Waals surface area contributed by atoms with Crippen LogP contribution in [0.3, 0.4) is 0 Å². The quantitative estimate of drug-likeness (QED) is 0.366. The predicted molar refractivity (Wildman–Crippen MR) is 64.1 cm³/mol. The number of ether oxygens (including phenoxy) is 2. The van der Waals surface area contributed by atoms with E-state index in [2.05, 4.69) is 10.1 Å². The van der Waals surface area contributed by atoms with Gasteiger partial charge >= 0.3 is 5.97 Å². The zero-order chi connectivity index (χ0) is 14.4. The van der Waals surface area contributed by atoms with Crippen molar-refractivity contribution in [3.05, 3.63) is 34.1 Å². The number of non-ortho nitro benzene ring substituents is 1. The number of carbonyl (C=O) groups excluding carboxylic acids is 1. The average Bonchev–Trinajstić information content (AvgIpc) is 2.39. The number of nitrogens with one attached hydrogen (secondary N) is 1. The maximum absolute atomic E-state index is 13.5. The molecule has 1 unspecified atom stereocenters. The van der Waals surface area contributed by atoms with Gasteiger partial charge in [-0.05, 0) is 13.0 Å². The highest BCUT2D eigenvalue weighted by atomic mass is 19.1. The third-order valence-electron chi connectivity index (χ3n) is 2.20. The molecule has 0 radical (unpaired) electrons. The number of hydrogen-bond donors (Lipinski definition) is 1. The van der Waals surface area contributed by atoms with Crippen LogP contribution in [-0.4, -0.2) is 30.8 Å². The third-order valence-corrected chi connectivity index (χ3v) is 2.20. The van der Waals surface area contributed by atoms with Gasteiger partial charge in [-0.3, -0.25) is 10.1 Å². The number of methoxy groups -OCH3 is 1. The average molecular weight is 272 g/mol. The van der Waals surface area contributed by atoms with Gasteiger partial charge in [0.25, 0.3) is 5.69 Å². The first-order valence-corrected chi connectivity index (χ1v) is 5.39. The number of nitro groups is 1. The lowest BCUT2D eigenvalue weighted by Crippen LogP contribution is -2.33. The first kappa shape index (κ1) is 14.8. The van der Waals surface area contributed by atoms with Gasteiger partial charge in [0.15, 0.2) is 0 Å². The number of rotatable bonds is 6. The molecule has 0 saturated carbocycles. The molecule has 8 heteroatoms. The molecule has 1 rings (SSSR count). The molecule has 0 aliphatic heterocycles. The van der Waals surface area contributed by atoms with Gasteiger partial charge < -0.3 is 14.8 Å². The highest BCUT2D eigenvalue weighted by Crippen LogP contribution is 2.22. The van der Waals surface area contributed by atoms with Crippen molar-refractivity contribution in [1.82, 2.24) is 0 Å². The Kier molecular flexibility index (Phi) is 5.19. The molecule has 1 aromatic rings. The van der Waals surface area contributed by atoms with E-state index < -0.39 is 22.9 Å². The number of anilines is 1. The molecule has 1 atom stereocenters. The van der Waals surface area contributed by atoms with Gasteiger partial charge in [-0.25, -0.2) is 9.18 Å². The minimum Gasteiger partial charge on any atom is -0.466 e. The summed E-state index contributed by atoms with van der Waals surface area (Å²) < 4.78 is 23.0. The lowest BCUT2D eigenvalue weighted by atomic mass is 10.2. The second kappa shape index (κ2) is 6.64. The summed E-state index contributed by atoms with van der Waals surface area (Å²) >= 11 is 0. The maximum atomic E-state index is 13.5. The number of nitro benzene ring substituents is 1. The van der Waals surface area contributed by atoms with E-state index in [-0.39, 0.29) is 18.0 Å². The number of halogens is 1. The summed E-state index contributed by atoms with van der Waals surface area (Å²) in [5.41, 5.74) is -0.512. The second-order valence-electron chi connectivity index (χ2n) is 3.42. The van der Waals surface area contributed by atoms with E-state index >= 15 is 0 Å². The Labute approximate surface area is 108 Å². The Bertz CT molecular complexity index is 480. The normalized spacial score (nSPS) is 11.7. The van der Waals surface area contributed by atoms with Gasteiger partial charge in [0.2, 0.25) is 6.23 Å². The van der Waals surface area contributed by atoms with Crippen LogP contribution in [-0.2, 0) is 14.3 Å². The molecule has 1 aromatic carbocycles. The third kappa shape index (κ3) is 3.88. The van der Waals surface area contributed by atoms with Crippen LogP contribution in [0.5, 0.6) is 0 Å². The summed E-state index contributed by atoms with van der Waals surface area (Å²) in [7, 11) is 1.15. The molecule has 0 saturated heterocycles. The molecular formula is C11H13FN2O5. The van der Waals surface area contributed by atoms with E-state index in [1.165, 1.54) is 0 Å². The van der Waals surface area contributed by atoms with E-state index in [1.807, 2.05) is 0 Å². The Morgan fingerprint density at radius 2 is 2.26 bits per heavy atom.